The van der Waals surface area contributed by atoms with E-state index in [-0.39, 0.29) is 18.4 Å². The summed E-state index contributed by atoms with van der Waals surface area (Å²) in [6.45, 7) is 2.51. The Hall–Kier alpha value is -2.25. The number of benzene rings is 1. The smallest absolute Gasteiger partial charge is 0.416 e. The number of nitrogens with zero attached hydrogens (tertiary/aromatic N) is 2. The lowest BCUT2D eigenvalue weighted by Crippen LogP contribution is -2.43. The molecule has 1 aromatic rings. The molecule has 8 heteroatoms. The van der Waals surface area contributed by atoms with Gasteiger partial charge >= 0.3 is 12.3 Å². The number of likely N-dealkylation sites (tertiary alicyclic amines) is 2. The third-order valence-electron chi connectivity index (χ3n) is 6.08. The van der Waals surface area contributed by atoms with Crippen molar-refractivity contribution < 1.29 is 27.5 Å². The number of carbonyl (C=O) groups is 2. The summed E-state index contributed by atoms with van der Waals surface area (Å²) in [5.41, 5.74) is 0.623. The lowest BCUT2D eigenvalue weighted by atomic mass is 9.89. The minimum absolute atomic E-state index is 0.0200. The van der Waals surface area contributed by atoms with Gasteiger partial charge in [-0.25, -0.2) is 4.79 Å². The van der Waals surface area contributed by atoms with Gasteiger partial charge in [0.05, 0.1) is 5.56 Å². The van der Waals surface area contributed by atoms with Gasteiger partial charge in [-0.3, -0.25) is 4.79 Å². The van der Waals surface area contributed by atoms with Crippen LogP contribution in [0.4, 0.5) is 18.0 Å². The quantitative estimate of drug-likeness (QED) is 0.731. The van der Waals surface area contributed by atoms with E-state index in [1.165, 1.54) is 12.1 Å². The second-order valence-corrected chi connectivity index (χ2v) is 8.05. The fraction of sp³-hybridized carbons (Fsp3) is 0.600. The lowest BCUT2D eigenvalue weighted by Gasteiger charge is -2.33. The van der Waals surface area contributed by atoms with Gasteiger partial charge in [0.2, 0.25) is 6.41 Å². The summed E-state index contributed by atoms with van der Waals surface area (Å²) in [5.74, 6) is 0.810. The normalized spacial score (nSPS) is 24.8. The second-order valence-electron chi connectivity index (χ2n) is 8.05. The van der Waals surface area contributed by atoms with Crippen LogP contribution < -0.4 is 0 Å². The molecule has 2 saturated heterocycles. The van der Waals surface area contributed by atoms with Gasteiger partial charge in [-0.05, 0) is 60.3 Å². The standard InChI is InChI=1S/C20H23F3N2O3/c21-20(22,23)17-4-3-15(18(7-17)13-1-2-13)11-28-19(27)25-6-5-14-8-24(12-26)9-16(14)10-25/h3-4,7,12-14,16H,1-2,5-6,8-11H2. The Morgan fingerprint density at radius 3 is 2.57 bits per heavy atom. The van der Waals surface area contributed by atoms with E-state index in [4.69, 9.17) is 4.74 Å². The highest BCUT2D eigenvalue weighted by Crippen LogP contribution is 2.44. The van der Waals surface area contributed by atoms with Gasteiger partial charge in [0.15, 0.2) is 0 Å². The minimum Gasteiger partial charge on any atom is -0.445 e. The molecule has 2 unspecified atom stereocenters. The van der Waals surface area contributed by atoms with E-state index in [0.29, 0.717) is 36.7 Å². The first-order valence-electron chi connectivity index (χ1n) is 9.66. The van der Waals surface area contributed by atoms with E-state index in [0.717, 1.165) is 38.3 Å². The molecular weight excluding hydrogens is 373 g/mol. The summed E-state index contributed by atoms with van der Waals surface area (Å²) in [6.07, 6.45) is -1.40. The van der Waals surface area contributed by atoms with Crippen LogP contribution in [0, 0.1) is 11.8 Å². The van der Waals surface area contributed by atoms with Gasteiger partial charge in [0.1, 0.15) is 6.61 Å². The number of fused-ring (bicyclic) bond motifs is 1. The number of ether oxygens (including phenoxy) is 1. The molecule has 3 aliphatic rings. The van der Waals surface area contributed by atoms with Crippen molar-refractivity contribution in [2.45, 2.75) is 38.0 Å². The third kappa shape index (κ3) is 3.95. The predicted octanol–water partition coefficient (Wildman–Crippen LogP) is 3.63. The molecule has 5 nitrogen and oxygen atoms in total. The Kier molecular flexibility index (Phi) is 4.97. The van der Waals surface area contributed by atoms with Crippen molar-refractivity contribution in [3.05, 3.63) is 34.9 Å². The SMILES string of the molecule is O=CN1CC2CCN(C(=O)OCc3ccc(C(F)(F)F)cc3C3CC3)CC2C1. The van der Waals surface area contributed by atoms with E-state index >= 15 is 0 Å². The summed E-state index contributed by atoms with van der Waals surface area (Å²) >= 11 is 0. The molecule has 2 atom stereocenters. The van der Waals surface area contributed by atoms with E-state index in [1.54, 1.807) is 9.80 Å². The fourth-order valence-electron chi connectivity index (χ4n) is 4.36. The van der Waals surface area contributed by atoms with Crippen molar-refractivity contribution in [1.82, 2.24) is 9.80 Å². The largest absolute Gasteiger partial charge is 0.445 e. The number of piperidine rings is 1. The molecule has 2 heterocycles. The summed E-state index contributed by atoms with van der Waals surface area (Å²) < 4.78 is 44.4. The van der Waals surface area contributed by atoms with Crippen LogP contribution in [0.2, 0.25) is 0 Å². The number of hydrogen-bond donors (Lipinski definition) is 0. The molecule has 4 rings (SSSR count). The maximum Gasteiger partial charge on any atom is 0.416 e. The number of hydrogen-bond acceptors (Lipinski definition) is 3. The molecule has 0 bridgehead atoms. The average Bonchev–Trinajstić information content (AvgIpc) is 3.43. The number of carbonyl (C=O) groups excluding carboxylic acids is 2. The highest BCUT2D eigenvalue weighted by molar-refractivity contribution is 5.68. The molecule has 0 radical (unpaired) electrons. The maximum atomic E-state index is 13.0. The zero-order valence-corrected chi connectivity index (χ0v) is 15.5. The van der Waals surface area contributed by atoms with Crippen LogP contribution in [0.1, 0.15) is 41.9 Å². The Morgan fingerprint density at radius 1 is 1.14 bits per heavy atom. The maximum absolute atomic E-state index is 13.0. The second kappa shape index (κ2) is 7.29. The zero-order valence-electron chi connectivity index (χ0n) is 15.5. The van der Waals surface area contributed by atoms with Crippen molar-refractivity contribution in [3.8, 4) is 0 Å². The molecular formula is C20H23F3N2O3. The number of rotatable bonds is 4. The van der Waals surface area contributed by atoms with Crippen LogP contribution in [0.15, 0.2) is 18.2 Å². The molecule has 28 heavy (non-hydrogen) atoms. The van der Waals surface area contributed by atoms with Gasteiger partial charge < -0.3 is 14.5 Å². The molecule has 2 amide bonds. The number of alkyl halides is 3. The molecule has 0 aromatic heterocycles. The summed E-state index contributed by atoms with van der Waals surface area (Å²) in [6, 6.07) is 3.67. The van der Waals surface area contributed by atoms with Crippen LogP contribution in [0.25, 0.3) is 0 Å². The highest BCUT2D eigenvalue weighted by Gasteiger charge is 2.38. The van der Waals surface area contributed by atoms with Crippen molar-refractivity contribution in [1.29, 1.82) is 0 Å². The minimum atomic E-state index is -4.38. The van der Waals surface area contributed by atoms with Crippen LogP contribution in [0.5, 0.6) is 0 Å². The topological polar surface area (TPSA) is 49.9 Å². The van der Waals surface area contributed by atoms with Crippen LogP contribution in [-0.4, -0.2) is 48.5 Å². The highest BCUT2D eigenvalue weighted by atomic mass is 19.4. The van der Waals surface area contributed by atoms with Gasteiger partial charge in [-0.15, -0.1) is 0 Å². The van der Waals surface area contributed by atoms with Gasteiger partial charge in [0, 0.05) is 26.2 Å². The first kappa shape index (κ1) is 19.1. The molecule has 0 spiro atoms. The lowest BCUT2D eigenvalue weighted by molar-refractivity contribution is -0.137. The molecule has 2 aliphatic heterocycles. The van der Waals surface area contributed by atoms with Crippen molar-refractivity contribution in [2.75, 3.05) is 26.2 Å². The average molecular weight is 396 g/mol. The van der Waals surface area contributed by atoms with Crippen molar-refractivity contribution in [3.63, 3.8) is 0 Å². The first-order chi connectivity index (χ1) is 13.3. The predicted molar refractivity (Wildman–Crippen MR) is 94.4 cm³/mol. The Balaban J connectivity index is 1.38. The molecule has 152 valence electrons. The molecule has 1 saturated carbocycles. The van der Waals surface area contributed by atoms with Gasteiger partial charge in [-0.1, -0.05) is 6.07 Å². The monoisotopic (exact) mass is 396 g/mol. The Bertz CT molecular complexity index is 764. The Morgan fingerprint density at radius 2 is 1.89 bits per heavy atom. The fourth-order valence-corrected chi connectivity index (χ4v) is 4.36. The van der Waals surface area contributed by atoms with Crippen molar-refractivity contribution >= 4 is 12.5 Å². The number of amides is 2. The number of halogens is 3. The first-order valence-corrected chi connectivity index (χ1v) is 9.66. The summed E-state index contributed by atoms with van der Waals surface area (Å²) in [7, 11) is 0. The Labute approximate surface area is 161 Å². The van der Waals surface area contributed by atoms with Crippen LogP contribution >= 0.6 is 0 Å². The molecule has 3 fully saturated rings. The van der Waals surface area contributed by atoms with E-state index in [2.05, 4.69) is 0 Å². The molecule has 1 aliphatic carbocycles. The summed E-state index contributed by atoms with van der Waals surface area (Å²) in [5, 5.41) is 0. The van der Waals surface area contributed by atoms with Gasteiger partial charge in [-0.2, -0.15) is 13.2 Å². The molecule has 1 aromatic carbocycles. The van der Waals surface area contributed by atoms with E-state index < -0.39 is 17.8 Å². The van der Waals surface area contributed by atoms with E-state index in [9.17, 15) is 22.8 Å². The molecule has 0 N–H and O–H groups in total. The third-order valence-corrected chi connectivity index (χ3v) is 6.08. The van der Waals surface area contributed by atoms with Crippen LogP contribution in [0.3, 0.4) is 0 Å². The summed E-state index contributed by atoms with van der Waals surface area (Å²) in [4.78, 5) is 26.8. The van der Waals surface area contributed by atoms with E-state index in [1.807, 2.05) is 0 Å². The zero-order chi connectivity index (χ0) is 19.9. The van der Waals surface area contributed by atoms with Crippen molar-refractivity contribution in [2.24, 2.45) is 11.8 Å². The van der Waals surface area contributed by atoms with Gasteiger partial charge in [0.25, 0.3) is 0 Å². The van der Waals surface area contributed by atoms with Crippen LogP contribution in [-0.2, 0) is 22.3 Å².